The normalized spacial score (nSPS) is 10.7. The van der Waals surface area contributed by atoms with Crippen LogP contribution in [0.5, 0.6) is 17.2 Å². The van der Waals surface area contributed by atoms with Crippen molar-refractivity contribution in [2.45, 2.75) is 13.5 Å². The Kier molecular flexibility index (Phi) is 6.84. The van der Waals surface area contributed by atoms with Crippen LogP contribution in [0.15, 0.2) is 77.9 Å². The molecule has 0 unspecified atom stereocenters. The summed E-state index contributed by atoms with van der Waals surface area (Å²) in [7, 11) is 0. The van der Waals surface area contributed by atoms with Crippen LogP contribution in [0.3, 0.4) is 0 Å². The molecule has 0 saturated heterocycles. The smallest absolute Gasteiger partial charge is 0.271 e. The van der Waals surface area contributed by atoms with Crippen molar-refractivity contribution in [3.05, 3.63) is 89.5 Å². The molecule has 0 aromatic heterocycles. The molecule has 29 heavy (non-hydrogen) atoms. The fourth-order valence-electron chi connectivity index (χ4n) is 2.61. The first kappa shape index (κ1) is 19.9. The lowest BCUT2D eigenvalue weighted by Crippen LogP contribution is -2.17. The van der Waals surface area contributed by atoms with Crippen LogP contribution >= 0.6 is 0 Å². The van der Waals surface area contributed by atoms with Crippen LogP contribution in [0.4, 0.5) is 0 Å². The van der Waals surface area contributed by atoms with Gasteiger partial charge in [0.1, 0.15) is 12.4 Å². The third-order valence-electron chi connectivity index (χ3n) is 3.99. The molecule has 3 aromatic rings. The van der Waals surface area contributed by atoms with Crippen molar-refractivity contribution < 1.29 is 19.4 Å². The van der Waals surface area contributed by atoms with Gasteiger partial charge in [0.2, 0.25) is 0 Å². The van der Waals surface area contributed by atoms with Gasteiger partial charge in [0.05, 0.1) is 12.8 Å². The molecule has 0 bridgehead atoms. The monoisotopic (exact) mass is 390 g/mol. The second-order valence-electron chi connectivity index (χ2n) is 6.16. The Labute approximate surface area is 169 Å². The van der Waals surface area contributed by atoms with Gasteiger partial charge < -0.3 is 14.6 Å². The Morgan fingerprint density at radius 1 is 1.00 bits per heavy atom. The average molecular weight is 390 g/mol. The Hall–Kier alpha value is -3.80. The molecule has 0 spiro atoms. The molecule has 0 saturated carbocycles. The van der Waals surface area contributed by atoms with Crippen LogP contribution in [-0.2, 0) is 6.61 Å². The fourth-order valence-corrected chi connectivity index (χ4v) is 2.61. The van der Waals surface area contributed by atoms with Gasteiger partial charge in [-0.3, -0.25) is 4.79 Å². The van der Waals surface area contributed by atoms with Gasteiger partial charge >= 0.3 is 0 Å². The van der Waals surface area contributed by atoms with E-state index in [1.165, 1.54) is 6.21 Å². The first-order valence-corrected chi connectivity index (χ1v) is 9.21. The topological polar surface area (TPSA) is 80.2 Å². The number of rotatable bonds is 8. The molecule has 0 fully saturated rings. The van der Waals surface area contributed by atoms with Crippen LogP contribution in [-0.4, -0.2) is 23.8 Å². The van der Waals surface area contributed by atoms with E-state index in [4.69, 9.17) is 9.47 Å². The first-order chi connectivity index (χ1) is 14.2. The lowest BCUT2D eigenvalue weighted by Gasteiger charge is -2.13. The summed E-state index contributed by atoms with van der Waals surface area (Å²) in [5.74, 6) is 0.813. The number of hydrogen-bond acceptors (Lipinski definition) is 5. The number of benzene rings is 3. The number of ether oxygens (including phenoxy) is 2. The quantitative estimate of drug-likeness (QED) is 0.448. The number of amides is 1. The zero-order chi connectivity index (χ0) is 20.5. The highest BCUT2D eigenvalue weighted by Crippen LogP contribution is 2.29. The summed E-state index contributed by atoms with van der Waals surface area (Å²) >= 11 is 0. The summed E-state index contributed by atoms with van der Waals surface area (Å²) in [6, 6.07) is 21.4. The summed E-state index contributed by atoms with van der Waals surface area (Å²) in [6.07, 6.45) is 1.46. The number of phenolic OH excluding ortho intramolecular Hbond substituents is 1. The maximum atomic E-state index is 12.4. The van der Waals surface area contributed by atoms with Crippen molar-refractivity contribution in [3.8, 4) is 17.2 Å². The molecule has 3 aromatic carbocycles. The van der Waals surface area contributed by atoms with Gasteiger partial charge in [-0.2, -0.15) is 5.10 Å². The van der Waals surface area contributed by atoms with Crippen molar-refractivity contribution in [1.82, 2.24) is 5.43 Å². The summed E-state index contributed by atoms with van der Waals surface area (Å²) < 4.78 is 11.5. The van der Waals surface area contributed by atoms with E-state index in [2.05, 4.69) is 10.5 Å². The number of carbonyl (C=O) groups excluding carboxylic acids is 1. The van der Waals surface area contributed by atoms with Crippen molar-refractivity contribution in [3.63, 3.8) is 0 Å². The number of aromatic hydroxyl groups is 1. The molecule has 3 rings (SSSR count). The first-order valence-electron chi connectivity index (χ1n) is 9.21. The van der Waals surface area contributed by atoms with Crippen LogP contribution in [0.2, 0.25) is 0 Å². The van der Waals surface area contributed by atoms with Gasteiger partial charge in [-0.05, 0) is 48.4 Å². The summed E-state index contributed by atoms with van der Waals surface area (Å²) in [4.78, 5) is 12.4. The third-order valence-corrected chi connectivity index (χ3v) is 3.99. The third kappa shape index (κ3) is 5.84. The molecular formula is C23H22N2O4. The fraction of sp³-hybridized carbons (Fsp3) is 0.130. The molecular weight excluding hydrogens is 368 g/mol. The molecule has 6 heteroatoms. The second-order valence-corrected chi connectivity index (χ2v) is 6.16. The van der Waals surface area contributed by atoms with Gasteiger partial charge in [-0.15, -0.1) is 0 Å². The van der Waals surface area contributed by atoms with Crippen molar-refractivity contribution in [1.29, 1.82) is 0 Å². The minimum atomic E-state index is -0.378. The molecule has 0 atom stereocenters. The highest BCUT2D eigenvalue weighted by molar-refractivity contribution is 5.95. The standard InChI is InChI=1S/C23H22N2O4/c1-2-28-22-14-19(11-12-21(22)29-16-17-7-4-3-5-8-17)23(27)25-24-15-18-9-6-10-20(26)13-18/h3-15,26H,2,16H2,1H3,(H,25,27)/b24-15+. The second kappa shape index (κ2) is 9.94. The van der Waals surface area contributed by atoms with Gasteiger partial charge in [0.25, 0.3) is 5.91 Å². The molecule has 0 aliphatic rings. The maximum Gasteiger partial charge on any atom is 0.271 e. The van der Waals surface area contributed by atoms with E-state index in [1.54, 1.807) is 42.5 Å². The van der Waals surface area contributed by atoms with Crippen LogP contribution in [0.1, 0.15) is 28.4 Å². The SMILES string of the molecule is CCOc1cc(C(=O)N/N=C/c2cccc(O)c2)ccc1OCc1ccccc1. The van der Waals surface area contributed by atoms with E-state index in [0.717, 1.165) is 5.56 Å². The Morgan fingerprint density at radius 3 is 2.59 bits per heavy atom. The molecule has 0 heterocycles. The Balaban J connectivity index is 1.67. The highest BCUT2D eigenvalue weighted by atomic mass is 16.5. The number of hydrogen-bond donors (Lipinski definition) is 2. The molecule has 6 nitrogen and oxygen atoms in total. The predicted molar refractivity (Wildman–Crippen MR) is 112 cm³/mol. The molecule has 0 aliphatic carbocycles. The summed E-state index contributed by atoms with van der Waals surface area (Å²) in [5, 5.41) is 13.4. The van der Waals surface area contributed by atoms with Crippen LogP contribution in [0, 0.1) is 0 Å². The predicted octanol–water partition coefficient (Wildman–Crippen LogP) is 4.13. The molecule has 148 valence electrons. The molecule has 0 radical (unpaired) electrons. The van der Waals surface area contributed by atoms with E-state index in [1.807, 2.05) is 37.3 Å². The van der Waals surface area contributed by atoms with Crippen molar-refractivity contribution in [2.24, 2.45) is 5.10 Å². The largest absolute Gasteiger partial charge is 0.508 e. The van der Waals surface area contributed by atoms with E-state index in [0.29, 0.717) is 35.8 Å². The average Bonchev–Trinajstić information content (AvgIpc) is 2.74. The lowest BCUT2D eigenvalue weighted by atomic mass is 10.2. The van der Waals surface area contributed by atoms with E-state index >= 15 is 0 Å². The number of nitrogens with zero attached hydrogens (tertiary/aromatic N) is 1. The van der Waals surface area contributed by atoms with Gasteiger partial charge in [0.15, 0.2) is 11.5 Å². The van der Waals surface area contributed by atoms with E-state index in [-0.39, 0.29) is 11.7 Å². The van der Waals surface area contributed by atoms with Gasteiger partial charge in [-0.25, -0.2) is 5.43 Å². The molecule has 1 amide bonds. The van der Waals surface area contributed by atoms with Gasteiger partial charge in [-0.1, -0.05) is 42.5 Å². The number of hydrazone groups is 1. The minimum absolute atomic E-state index is 0.132. The van der Waals surface area contributed by atoms with Gasteiger partial charge in [0, 0.05) is 5.56 Å². The zero-order valence-corrected chi connectivity index (χ0v) is 16.0. The minimum Gasteiger partial charge on any atom is -0.508 e. The summed E-state index contributed by atoms with van der Waals surface area (Å²) in [5.41, 5.74) is 4.57. The highest BCUT2D eigenvalue weighted by Gasteiger charge is 2.11. The number of phenols is 1. The number of carbonyl (C=O) groups is 1. The van der Waals surface area contributed by atoms with Crippen molar-refractivity contribution in [2.75, 3.05) is 6.61 Å². The number of nitrogens with one attached hydrogen (secondary N) is 1. The Morgan fingerprint density at radius 2 is 1.83 bits per heavy atom. The summed E-state index contributed by atoms with van der Waals surface area (Å²) in [6.45, 7) is 2.72. The molecule has 0 aliphatic heterocycles. The maximum absolute atomic E-state index is 12.4. The van der Waals surface area contributed by atoms with E-state index in [9.17, 15) is 9.90 Å². The Bertz CT molecular complexity index is 987. The van der Waals surface area contributed by atoms with Crippen molar-refractivity contribution >= 4 is 12.1 Å². The molecule has 2 N–H and O–H groups in total. The lowest BCUT2D eigenvalue weighted by molar-refractivity contribution is 0.0954. The van der Waals surface area contributed by atoms with Crippen LogP contribution in [0.25, 0.3) is 0 Å². The zero-order valence-electron chi connectivity index (χ0n) is 16.0. The van der Waals surface area contributed by atoms with E-state index < -0.39 is 0 Å². The van der Waals surface area contributed by atoms with Crippen LogP contribution < -0.4 is 14.9 Å².